The fraction of sp³-hybridized carbons (Fsp3) is 0.706. The van der Waals surface area contributed by atoms with Crippen LogP contribution in [0.4, 0.5) is 0 Å². The van der Waals surface area contributed by atoms with E-state index < -0.39 is 0 Å². The first-order valence-electron chi connectivity index (χ1n) is 8.55. The molecular weight excluding hydrogens is 292 g/mol. The van der Waals surface area contributed by atoms with Crippen LogP contribution in [0, 0.1) is 24.2 Å². The summed E-state index contributed by atoms with van der Waals surface area (Å²) in [6.07, 6.45) is 6.11. The van der Waals surface area contributed by atoms with Gasteiger partial charge in [0.15, 0.2) is 0 Å². The van der Waals surface area contributed by atoms with E-state index in [9.17, 15) is 10.1 Å². The van der Waals surface area contributed by atoms with Gasteiger partial charge in [0.2, 0.25) is 5.76 Å². The minimum atomic E-state index is -0.101. The van der Waals surface area contributed by atoms with Crippen LogP contribution in [-0.2, 0) is 0 Å². The van der Waals surface area contributed by atoms with Gasteiger partial charge in [0.05, 0.1) is 11.8 Å². The maximum Gasteiger partial charge on any atom is 0.292 e. The summed E-state index contributed by atoms with van der Waals surface area (Å²) in [7, 11) is 0. The quantitative estimate of drug-likeness (QED) is 0.855. The summed E-state index contributed by atoms with van der Waals surface area (Å²) in [6.45, 7) is 4.61. The summed E-state index contributed by atoms with van der Waals surface area (Å²) in [5.74, 6) is 0.699. The van der Waals surface area contributed by atoms with E-state index >= 15 is 0 Å². The van der Waals surface area contributed by atoms with Gasteiger partial charge in [-0.15, -0.1) is 0 Å². The van der Waals surface area contributed by atoms with Crippen molar-refractivity contribution in [3.8, 4) is 6.07 Å². The van der Waals surface area contributed by atoms with E-state index in [1.54, 1.807) is 17.9 Å². The first-order valence-corrected chi connectivity index (χ1v) is 8.55. The Bertz CT molecular complexity index is 578. The molecule has 2 fully saturated rings. The lowest BCUT2D eigenvalue weighted by Crippen LogP contribution is -2.53. The summed E-state index contributed by atoms with van der Waals surface area (Å²) in [6, 6.07) is 4.19. The van der Waals surface area contributed by atoms with Crippen molar-refractivity contribution in [1.82, 2.24) is 15.0 Å². The van der Waals surface area contributed by atoms with Crippen molar-refractivity contribution in [3.63, 3.8) is 0 Å². The van der Waals surface area contributed by atoms with E-state index in [4.69, 9.17) is 4.52 Å². The number of amides is 1. The second-order valence-corrected chi connectivity index (χ2v) is 6.63. The van der Waals surface area contributed by atoms with Crippen LogP contribution in [0.3, 0.4) is 0 Å². The molecule has 6 nitrogen and oxygen atoms in total. The molecule has 1 amide bonds. The molecule has 1 saturated carbocycles. The fourth-order valence-electron chi connectivity index (χ4n) is 3.76. The molecule has 2 aliphatic rings. The smallest absolute Gasteiger partial charge is 0.292 e. The van der Waals surface area contributed by atoms with Crippen molar-refractivity contribution in [2.45, 2.75) is 45.1 Å². The number of hydrogen-bond donors (Lipinski definition) is 0. The van der Waals surface area contributed by atoms with Gasteiger partial charge in [0.25, 0.3) is 5.91 Å². The fourth-order valence-corrected chi connectivity index (χ4v) is 3.76. The van der Waals surface area contributed by atoms with Crippen molar-refractivity contribution in [2.24, 2.45) is 5.92 Å². The van der Waals surface area contributed by atoms with E-state index in [1.807, 2.05) is 0 Å². The molecule has 2 heterocycles. The topological polar surface area (TPSA) is 73.4 Å². The minimum Gasteiger partial charge on any atom is -0.351 e. The molecule has 1 aliphatic heterocycles. The Morgan fingerprint density at radius 1 is 1.30 bits per heavy atom. The minimum absolute atomic E-state index is 0.0000703. The van der Waals surface area contributed by atoms with E-state index in [-0.39, 0.29) is 11.9 Å². The first kappa shape index (κ1) is 16.0. The summed E-state index contributed by atoms with van der Waals surface area (Å²) < 4.78 is 5.06. The Hall–Kier alpha value is -1.87. The van der Waals surface area contributed by atoms with Gasteiger partial charge >= 0.3 is 0 Å². The van der Waals surface area contributed by atoms with Crippen LogP contribution in [-0.4, -0.2) is 53.1 Å². The van der Waals surface area contributed by atoms with Crippen LogP contribution >= 0.6 is 0 Å². The molecule has 0 spiro atoms. The SMILES string of the molecule is Cc1cc(C(=O)N2CCN([C@@H](C#N)C3CCCCC3)CC2)on1. The van der Waals surface area contributed by atoms with Crippen LogP contribution in [0.2, 0.25) is 0 Å². The molecule has 0 unspecified atom stereocenters. The summed E-state index contributed by atoms with van der Waals surface area (Å²) in [5.41, 5.74) is 0.717. The lowest BCUT2D eigenvalue weighted by molar-refractivity contribution is 0.0504. The second-order valence-electron chi connectivity index (χ2n) is 6.63. The summed E-state index contributed by atoms with van der Waals surface area (Å²) >= 11 is 0. The summed E-state index contributed by atoms with van der Waals surface area (Å²) in [4.78, 5) is 16.4. The van der Waals surface area contributed by atoms with Gasteiger partial charge in [0.1, 0.15) is 6.04 Å². The van der Waals surface area contributed by atoms with Crippen molar-refractivity contribution >= 4 is 5.91 Å². The van der Waals surface area contributed by atoms with Crippen molar-refractivity contribution < 1.29 is 9.32 Å². The van der Waals surface area contributed by atoms with Crippen molar-refractivity contribution in [2.75, 3.05) is 26.2 Å². The van der Waals surface area contributed by atoms with E-state index in [2.05, 4.69) is 16.1 Å². The van der Waals surface area contributed by atoms with E-state index in [0.717, 1.165) is 25.9 Å². The van der Waals surface area contributed by atoms with Gasteiger partial charge in [-0.2, -0.15) is 5.26 Å². The zero-order chi connectivity index (χ0) is 16.2. The van der Waals surface area contributed by atoms with Gasteiger partial charge in [-0.05, 0) is 25.7 Å². The molecule has 1 aliphatic carbocycles. The number of nitrogens with zero attached hydrogens (tertiary/aromatic N) is 4. The van der Waals surface area contributed by atoms with Crippen molar-refractivity contribution in [3.05, 3.63) is 17.5 Å². The molecule has 1 aromatic heterocycles. The number of carbonyl (C=O) groups is 1. The largest absolute Gasteiger partial charge is 0.351 e. The first-order chi connectivity index (χ1) is 11.2. The van der Waals surface area contributed by atoms with Gasteiger partial charge in [0, 0.05) is 32.2 Å². The lowest BCUT2D eigenvalue weighted by atomic mass is 9.83. The molecule has 0 N–H and O–H groups in total. The molecule has 3 rings (SSSR count). The van der Waals surface area contributed by atoms with Crippen LogP contribution in [0.25, 0.3) is 0 Å². The highest BCUT2D eigenvalue weighted by molar-refractivity contribution is 5.91. The predicted octanol–water partition coefficient (Wildman–Crippen LogP) is 2.21. The maximum absolute atomic E-state index is 12.4. The standard InChI is InChI=1S/C17H24N4O2/c1-13-11-16(23-19-13)17(22)21-9-7-20(8-10-21)15(12-18)14-5-3-2-4-6-14/h11,14-15H,2-10H2,1H3/t15-/m0/s1. The molecule has 0 bridgehead atoms. The van der Waals surface area contributed by atoms with Crippen LogP contribution in [0.5, 0.6) is 0 Å². The Morgan fingerprint density at radius 3 is 2.57 bits per heavy atom. The van der Waals surface area contributed by atoms with Crippen LogP contribution < -0.4 is 0 Å². The molecule has 1 saturated heterocycles. The lowest BCUT2D eigenvalue weighted by Gasteiger charge is -2.40. The van der Waals surface area contributed by atoms with Gasteiger partial charge in [-0.1, -0.05) is 24.4 Å². The average Bonchev–Trinajstić information content (AvgIpc) is 3.03. The molecule has 124 valence electrons. The molecule has 0 radical (unpaired) electrons. The number of rotatable bonds is 3. The Kier molecular flexibility index (Phi) is 4.97. The van der Waals surface area contributed by atoms with Crippen LogP contribution in [0.15, 0.2) is 10.6 Å². The number of aryl methyl sites for hydroxylation is 1. The monoisotopic (exact) mass is 316 g/mol. The van der Waals surface area contributed by atoms with E-state index in [1.165, 1.54) is 19.3 Å². The zero-order valence-corrected chi connectivity index (χ0v) is 13.7. The zero-order valence-electron chi connectivity index (χ0n) is 13.7. The molecule has 23 heavy (non-hydrogen) atoms. The number of piperazine rings is 1. The molecule has 1 aromatic rings. The van der Waals surface area contributed by atoms with Crippen LogP contribution in [0.1, 0.15) is 48.4 Å². The normalized spacial score (nSPS) is 21.8. The number of hydrogen-bond acceptors (Lipinski definition) is 5. The summed E-state index contributed by atoms with van der Waals surface area (Å²) in [5, 5.41) is 13.4. The Labute approximate surface area is 137 Å². The van der Waals surface area contributed by atoms with Gasteiger partial charge in [-0.3, -0.25) is 9.69 Å². The highest BCUT2D eigenvalue weighted by Crippen LogP contribution is 2.29. The van der Waals surface area contributed by atoms with Gasteiger partial charge < -0.3 is 9.42 Å². The number of aromatic nitrogens is 1. The highest BCUT2D eigenvalue weighted by atomic mass is 16.5. The third-order valence-electron chi connectivity index (χ3n) is 5.06. The Balaban J connectivity index is 1.57. The molecule has 6 heteroatoms. The third-order valence-corrected chi connectivity index (χ3v) is 5.06. The third kappa shape index (κ3) is 3.56. The number of nitriles is 1. The van der Waals surface area contributed by atoms with E-state index in [0.29, 0.717) is 30.5 Å². The molecule has 0 aromatic carbocycles. The van der Waals surface area contributed by atoms with Crippen molar-refractivity contribution in [1.29, 1.82) is 5.26 Å². The predicted molar refractivity (Wildman–Crippen MR) is 84.7 cm³/mol. The highest BCUT2D eigenvalue weighted by Gasteiger charge is 2.32. The van der Waals surface area contributed by atoms with Gasteiger partial charge in [-0.25, -0.2) is 0 Å². The average molecular weight is 316 g/mol. The molecule has 1 atom stereocenters. The molecular formula is C17H24N4O2. The maximum atomic E-state index is 12.4. The Morgan fingerprint density at radius 2 is 2.00 bits per heavy atom. The second kappa shape index (κ2) is 7.14. The number of carbonyl (C=O) groups excluding carboxylic acids is 1.